The van der Waals surface area contributed by atoms with Crippen LogP contribution in [-0.4, -0.2) is 48.8 Å². The Kier molecular flexibility index (Phi) is 4.48. The minimum atomic E-state index is -4.35. The lowest BCUT2D eigenvalue weighted by Gasteiger charge is -2.33. The van der Waals surface area contributed by atoms with Crippen molar-refractivity contribution < 1.29 is 17.9 Å². The first kappa shape index (κ1) is 16.5. The number of benzene rings is 1. The van der Waals surface area contributed by atoms with E-state index in [1.54, 1.807) is 0 Å². The minimum absolute atomic E-state index is 0.0281. The number of halogens is 3. The van der Waals surface area contributed by atoms with Gasteiger partial charge in [0.2, 0.25) is 0 Å². The van der Waals surface area contributed by atoms with Gasteiger partial charge < -0.3 is 15.0 Å². The van der Waals surface area contributed by atoms with Crippen LogP contribution in [0.2, 0.25) is 0 Å². The summed E-state index contributed by atoms with van der Waals surface area (Å²) in [6.07, 6.45) is -4.31. The van der Waals surface area contributed by atoms with Gasteiger partial charge in [0, 0.05) is 13.1 Å². The van der Waals surface area contributed by atoms with Crippen molar-refractivity contribution in [3.05, 3.63) is 23.8 Å². The molecule has 0 radical (unpaired) electrons. The van der Waals surface area contributed by atoms with Crippen LogP contribution in [0.4, 0.5) is 18.3 Å². The van der Waals surface area contributed by atoms with Gasteiger partial charge in [-0.05, 0) is 32.2 Å². The first-order valence-corrected chi connectivity index (χ1v) is 8.19. The first-order valence-electron chi connectivity index (χ1n) is 7.37. The van der Waals surface area contributed by atoms with Crippen LogP contribution in [0.5, 0.6) is 0 Å². The summed E-state index contributed by atoms with van der Waals surface area (Å²) >= 11 is 1.35. The number of nitrogens with one attached hydrogen (secondary N) is 1. The van der Waals surface area contributed by atoms with Gasteiger partial charge in [-0.1, -0.05) is 11.3 Å². The Hall–Kier alpha value is -1.38. The molecule has 0 spiro atoms. The third-order valence-electron chi connectivity index (χ3n) is 3.92. The number of rotatable bonds is 3. The van der Waals surface area contributed by atoms with E-state index in [1.807, 2.05) is 14.0 Å². The summed E-state index contributed by atoms with van der Waals surface area (Å²) in [4.78, 5) is 6.47. The second-order valence-electron chi connectivity index (χ2n) is 5.80. The molecule has 2 heterocycles. The van der Waals surface area contributed by atoms with Crippen molar-refractivity contribution in [2.24, 2.45) is 0 Å². The molecule has 2 atom stereocenters. The number of hydrogen-bond donors (Lipinski definition) is 1. The summed E-state index contributed by atoms with van der Waals surface area (Å²) in [5, 5.41) is 3.87. The van der Waals surface area contributed by atoms with Gasteiger partial charge >= 0.3 is 6.18 Å². The summed E-state index contributed by atoms with van der Waals surface area (Å²) in [5.74, 6) is 0. The Morgan fingerprint density at radius 2 is 2.22 bits per heavy atom. The SMILES string of the molecule is CC(Nc1nc2cc(C(F)(F)F)ccc2s1)C1CN(C)CCO1. The van der Waals surface area contributed by atoms with Crippen molar-refractivity contribution in [3.8, 4) is 0 Å². The quantitative estimate of drug-likeness (QED) is 0.925. The molecule has 0 saturated carbocycles. The minimum Gasteiger partial charge on any atom is -0.373 e. The van der Waals surface area contributed by atoms with Crippen LogP contribution >= 0.6 is 11.3 Å². The number of aromatic nitrogens is 1. The van der Waals surface area contributed by atoms with Crippen molar-refractivity contribution in [1.82, 2.24) is 9.88 Å². The summed E-state index contributed by atoms with van der Waals surface area (Å²) in [5.41, 5.74) is -0.312. The number of alkyl halides is 3. The molecule has 2 aromatic rings. The van der Waals surface area contributed by atoms with Crippen LogP contribution < -0.4 is 5.32 Å². The van der Waals surface area contributed by atoms with Crippen molar-refractivity contribution in [3.63, 3.8) is 0 Å². The Morgan fingerprint density at radius 1 is 1.43 bits per heavy atom. The highest BCUT2D eigenvalue weighted by atomic mass is 32.1. The number of ether oxygens (including phenoxy) is 1. The highest BCUT2D eigenvalue weighted by molar-refractivity contribution is 7.22. The molecule has 1 aliphatic heterocycles. The zero-order valence-corrected chi connectivity index (χ0v) is 13.7. The van der Waals surface area contributed by atoms with Gasteiger partial charge in [-0.25, -0.2) is 4.98 Å². The maximum absolute atomic E-state index is 12.8. The molecule has 1 fully saturated rings. The highest BCUT2D eigenvalue weighted by Crippen LogP contribution is 2.34. The van der Waals surface area contributed by atoms with Gasteiger partial charge in [-0.2, -0.15) is 13.2 Å². The smallest absolute Gasteiger partial charge is 0.373 e. The number of fused-ring (bicyclic) bond motifs is 1. The molecule has 126 valence electrons. The van der Waals surface area contributed by atoms with Gasteiger partial charge in [-0.15, -0.1) is 0 Å². The fraction of sp³-hybridized carbons (Fsp3) is 0.533. The predicted octanol–water partition coefficient (Wildman–Crippen LogP) is 3.45. The van der Waals surface area contributed by atoms with Gasteiger partial charge in [0.15, 0.2) is 5.13 Å². The molecule has 0 aliphatic carbocycles. The molecule has 8 heteroatoms. The number of morpholine rings is 1. The first-order chi connectivity index (χ1) is 10.8. The van der Waals surface area contributed by atoms with Crippen molar-refractivity contribution >= 4 is 26.7 Å². The maximum Gasteiger partial charge on any atom is 0.416 e. The lowest BCUT2D eigenvalue weighted by atomic mass is 10.1. The second kappa shape index (κ2) is 6.26. The molecule has 1 aromatic carbocycles. The molecule has 23 heavy (non-hydrogen) atoms. The number of anilines is 1. The van der Waals surface area contributed by atoms with E-state index in [4.69, 9.17) is 4.74 Å². The summed E-state index contributed by atoms with van der Waals surface area (Å²) in [7, 11) is 2.04. The maximum atomic E-state index is 12.8. The van der Waals surface area contributed by atoms with Gasteiger partial charge in [-0.3, -0.25) is 0 Å². The average molecular weight is 345 g/mol. The normalized spacial score (nSPS) is 21.5. The van der Waals surface area contributed by atoms with E-state index in [-0.39, 0.29) is 12.1 Å². The van der Waals surface area contributed by atoms with Gasteiger partial charge in [0.25, 0.3) is 0 Å². The average Bonchev–Trinajstić information content (AvgIpc) is 2.87. The van der Waals surface area contributed by atoms with Gasteiger partial charge in [0.1, 0.15) is 0 Å². The van der Waals surface area contributed by atoms with E-state index in [2.05, 4.69) is 15.2 Å². The Morgan fingerprint density at radius 3 is 2.91 bits per heavy atom. The van der Waals surface area contributed by atoms with E-state index >= 15 is 0 Å². The van der Waals surface area contributed by atoms with E-state index in [1.165, 1.54) is 17.4 Å². The molecule has 0 amide bonds. The van der Waals surface area contributed by atoms with Crippen LogP contribution in [-0.2, 0) is 10.9 Å². The molecule has 1 aliphatic rings. The third-order valence-corrected chi connectivity index (χ3v) is 4.89. The molecule has 1 saturated heterocycles. The number of nitrogens with zero attached hydrogens (tertiary/aromatic N) is 2. The Bertz CT molecular complexity index is 688. The molecule has 0 bridgehead atoms. The van der Waals surface area contributed by atoms with Crippen molar-refractivity contribution in [2.45, 2.75) is 25.2 Å². The summed E-state index contributed by atoms with van der Waals surface area (Å²) < 4.78 is 44.7. The second-order valence-corrected chi connectivity index (χ2v) is 6.83. The fourth-order valence-corrected chi connectivity index (χ4v) is 3.51. The van der Waals surface area contributed by atoms with Crippen molar-refractivity contribution in [2.75, 3.05) is 32.1 Å². The third kappa shape index (κ3) is 3.76. The van der Waals surface area contributed by atoms with Crippen LogP contribution in [0, 0.1) is 0 Å². The van der Waals surface area contributed by atoms with Crippen LogP contribution in [0.3, 0.4) is 0 Å². The highest BCUT2D eigenvalue weighted by Gasteiger charge is 2.31. The van der Waals surface area contributed by atoms with E-state index < -0.39 is 11.7 Å². The molecule has 2 unspecified atom stereocenters. The van der Waals surface area contributed by atoms with Gasteiger partial charge in [0.05, 0.1) is 34.5 Å². The zero-order chi connectivity index (χ0) is 16.6. The lowest BCUT2D eigenvalue weighted by Crippen LogP contribution is -2.47. The monoisotopic (exact) mass is 345 g/mol. The summed E-state index contributed by atoms with van der Waals surface area (Å²) in [6.45, 7) is 4.40. The Balaban J connectivity index is 1.75. The topological polar surface area (TPSA) is 37.4 Å². The molecular formula is C15H18F3N3OS. The molecule has 3 rings (SSSR count). The standard InChI is InChI=1S/C15H18F3N3OS/c1-9(12-8-21(2)5-6-22-12)19-14-20-11-7-10(15(16,17)18)3-4-13(11)23-14/h3-4,7,9,12H,5-6,8H2,1-2H3,(H,19,20). The molecule has 4 nitrogen and oxygen atoms in total. The number of hydrogen-bond acceptors (Lipinski definition) is 5. The summed E-state index contributed by atoms with van der Waals surface area (Å²) in [6, 6.07) is 3.68. The Labute approximate surface area is 136 Å². The number of thiazole rings is 1. The molecular weight excluding hydrogens is 327 g/mol. The fourth-order valence-electron chi connectivity index (χ4n) is 2.57. The largest absolute Gasteiger partial charge is 0.416 e. The predicted molar refractivity (Wildman–Crippen MR) is 84.9 cm³/mol. The van der Waals surface area contributed by atoms with Crippen LogP contribution in [0.1, 0.15) is 12.5 Å². The van der Waals surface area contributed by atoms with Crippen LogP contribution in [0.25, 0.3) is 10.2 Å². The van der Waals surface area contributed by atoms with Crippen LogP contribution in [0.15, 0.2) is 18.2 Å². The van der Waals surface area contributed by atoms with E-state index in [0.29, 0.717) is 17.3 Å². The lowest BCUT2D eigenvalue weighted by molar-refractivity contribution is -0.137. The molecule has 1 aromatic heterocycles. The van der Waals surface area contributed by atoms with Crippen molar-refractivity contribution in [1.29, 1.82) is 0 Å². The van der Waals surface area contributed by atoms with E-state index in [0.717, 1.165) is 29.9 Å². The zero-order valence-electron chi connectivity index (χ0n) is 12.9. The van der Waals surface area contributed by atoms with E-state index in [9.17, 15) is 13.2 Å². The number of likely N-dealkylation sites (N-methyl/N-ethyl adjacent to an activating group) is 1. The molecule has 1 N–H and O–H groups in total.